The van der Waals surface area contributed by atoms with Crippen LogP contribution in [-0.4, -0.2) is 14.1 Å². The highest BCUT2D eigenvalue weighted by Crippen LogP contribution is 2.41. The van der Waals surface area contributed by atoms with Crippen LogP contribution in [0.2, 0.25) is 0 Å². The lowest BCUT2D eigenvalue weighted by Gasteiger charge is -2.08. The van der Waals surface area contributed by atoms with E-state index in [2.05, 4.69) is 47.0 Å². The molecular formula is C8H10N2S. The molecule has 0 unspecified atom stereocenters. The Morgan fingerprint density at radius 2 is 1.45 bits per heavy atom. The van der Waals surface area contributed by atoms with Crippen molar-refractivity contribution in [2.45, 2.75) is 0 Å². The Kier molecular flexibility index (Phi) is 1.46. The van der Waals surface area contributed by atoms with Crippen LogP contribution in [0.25, 0.3) is 0 Å². The summed E-state index contributed by atoms with van der Waals surface area (Å²) in [7, 11) is 4.15. The number of nitrogens with zero attached hydrogens (tertiary/aromatic N) is 2. The maximum Gasteiger partial charge on any atom is 0.0725 e. The second-order valence-electron chi connectivity index (χ2n) is 2.57. The van der Waals surface area contributed by atoms with Crippen molar-refractivity contribution < 1.29 is 0 Å². The third-order valence-electron chi connectivity index (χ3n) is 1.81. The smallest absolute Gasteiger partial charge is 0.0725 e. The predicted octanol–water partition coefficient (Wildman–Crippen LogP) is 2.14. The van der Waals surface area contributed by atoms with E-state index in [0.717, 1.165) is 0 Å². The van der Waals surface area contributed by atoms with Crippen molar-refractivity contribution in [2.75, 3.05) is 22.7 Å². The van der Waals surface area contributed by atoms with E-state index < -0.39 is 0 Å². The van der Waals surface area contributed by atoms with Crippen molar-refractivity contribution in [1.82, 2.24) is 0 Å². The first kappa shape index (κ1) is 6.85. The number of fused-ring (bicyclic) bond motifs is 1. The molecule has 0 aliphatic carbocycles. The summed E-state index contributed by atoms with van der Waals surface area (Å²) in [5, 5.41) is 0. The summed E-state index contributed by atoms with van der Waals surface area (Å²) in [5.74, 6) is 0. The van der Waals surface area contributed by atoms with Gasteiger partial charge in [-0.25, -0.2) is 0 Å². The summed E-state index contributed by atoms with van der Waals surface area (Å²) >= 11 is 1.72. The molecule has 1 aromatic rings. The minimum Gasteiger partial charge on any atom is -0.300 e. The summed E-state index contributed by atoms with van der Waals surface area (Å²) in [6, 6.07) is 8.39. The van der Waals surface area contributed by atoms with Crippen molar-refractivity contribution >= 4 is 23.5 Å². The number of anilines is 2. The van der Waals surface area contributed by atoms with Gasteiger partial charge < -0.3 is 0 Å². The van der Waals surface area contributed by atoms with Crippen molar-refractivity contribution in [1.29, 1.82) is 0 Å². The molecule has 0 spiro atoms. The summed E-state index contributed by atoms with van der Waals surface area (Å²) < 4.78 is 4.32. The Balaban J connectivity index is 2.52. The van der Waals surface area contributed by atoms with E-state index in [1.807, 2.05) is 0 Å². The van der Waals surface area contributed by atoms with Crippen LogP contribution in [-0.2, 0) is 0 Å². The van der Waals surface area contributed by atoms with Gasteiger partial charge in [0.2, 0.25) is 0 Å². The van der Waals surface area contributed by atoms with Gasteiger partial charge in [-0.15, -0.1) is 0 Å². The molecule has 1 aliphatic heterocycles. The van der Waals surface area contributed by atoms with Gasteiger partial charge in [0.05, 0.1) is 23.5 Å². The molecule has 0 atom stereocenters. The lowest BCUT2D eigenvalue weighted by Crippen LogP contribution is -2.06. The van der Waals surface area contributed by atoms with Gasteiger partial charge in [0.25, 0.3) is 0 Å². The average Bonchev–Trinajstić information content (AvgIpc) is 2.30. The molecule has 1 heterocycles. The first-order valence-corrected chi connectivity index (χ1v) is 4.26. The maximum absolute atomic E-state index is 2.16. The van der Waals surface area contributed by atoms with Crippen LogP contribution in [0.3, 0.4) is 0 Å². The van der Waals surface area contributed by atoms with Crippen LogP contribution in [0.1, 0.15) is 0 Å². The minimum absolute atomic E-state index is 1.29. The Morgan fingerprint density at radius 3 is 1.91 bits per heavy atom. The Labute approximate surface area is 71.1 Å². The lowest BCUT2D eigenvalue weighted by atomic mass is 10.3. The van der Waals surface area contributed by atoms with E-state index >= 15 is 0 Å². The molecule has 0 bridgehead atoms. The zero-order valence-electron chi connectivity index (χ0n) is 6.61. The van der Waals surface area contributed by atoms with E-state index in [-0.39, 0.29) is 0 Å². The monoisotopic (exact) mass is 166 g/mol. The van der Waals surface area contributed by atoms with Gasteiger partial charge in [-0.05, 0) is 12.1 Å². The van der Waals surface area contributed by atoms with Crippen LogP contribution in [0.15, 0.2) is 24.3 Å². The van der Waals surface area contributed by atoms with Gasteiger partial charge >= 0.3 is 0 Å². The normalized spacial score (nSPS) is 15.5. The molecule has 58 valence electrons. The molecule has 0 amide bonds. The van der Waals surface area contributed by atoms with E-state index in [1.54, 1.807) is 12.1 Å². The zero-order valence-corrected chi connectivity index (χ0v) is 7.43. The largest absolute Gasteiger partial charge is 0.300 e. The van der Waals surface area contributed by atoms with Crippen molar-refractivity contribution in [3.8, 4) is 0 Å². The number of benzene rings is 1. The number of para-hydroxylation sites is 2. The summed E-state index contributed by atoms with van der Waals surface area (Å²) in [5.41, 5.74) is 2.58. The third-order valence-corrected chi connectivity index (χ3v) is 2.69. The molecule has 3 heteroatoms. The number of rotatable bonds is 0. The predicted molar refractivity (Wildman–Crippen MR) is 50.8 cm³/mol. The van der Waals surface area contributed by atoms with E-state index in [9.17, 15) is 0 Å². The third kappa shape index (κ3) is 0.959. The number of hydrogen-bond donors (Lipinski definition) is 0. The minimum atomic E-state index is 1.29. The van der Waals surface area contributed by atoms with Gasteiger partial charge in [-0.1, -0.05) is 12.1 Å². The fraction of sp³-hybridized carbons (Fsp3) is 0.250. The molecule has 2 rings (SSSR count). The van der Waals surface area contributed by atoms with Crippen molar-refractivity contribution in [3.63, 3.8) is 0 Å². The first-order chi connectivity index (χ1) is 5.29. The molecule has 1 aromatic carbocycles. The summed E-state index contributed by atoms with van der Waals surface area (Å²) in [6.45, 7) is 0. The summed E-state index contributed by atoms with van der Waals surface area (Å²) in [6.07, 6.45) is 0. The molecular weight excluding hydrogens is 156 g/mol. The van der Waals surface area contributed by atoms with Gasteiger partial charge in [-0.3, -0.25) is 8.61 Å². The van der Waals surface area contributed by atoms with Crippen LogP contribution in [0.4, 0.5) is 11.4 Å². The Morgan fingerprint density at radius 1 is 1.00 bits per heavy atom. The summed E-state index contributed by atoms with van der Waals surface area (Å²) in [4.78, 5) is 0. The second kappa shape index (κ2) is 2.34. The van der Waals surface area contributed by atoms with Gasteiger partial charge in [-0.2, -0.15) is 0 Å². The number of hydrogen-bond acceptors (Lipinski definition) is 3. The SMILES string of the molecule is CN1SN(C)c2ccccc21. The van der Waals surface area contributed by atoms with Gasteiger partial charge in [0, 0.05) is 14.1 Å². The lowest BCUT2D eigenvalue weighted by molar-refractivity contribution is 1.38. The highest BCUT2D eigenvalue weighted by Gasteiger charge is 2.20. The molecule has 0 radical (unpaired) electrons. The topological polar surface area (TPSA) is 6.48 Å². The zero-order chi connectivity index (χ0) is 7.84. The maximum atomic E-state index is 2.16. The van der Waals surface area contributed by atoms with Crippen LogP contribution < -0.4 is 8.61 Å². The van der Waals surface area contributed by atoms with Crippen molar-refractivity contribution in [3.05, 3.63) is 24.3 Å². The molecule has 0 fully saturated rings. The standard InChI is InChI=1S/C8H10N2S/c1-9-7-5-3-4-6-8(7)10(2)11-9/h3-6H,1-2H3. The molecule has 11 heavy (non-hydrogen) atoms. The highest BCUT2D eigenvalue weighted by molar-refractivity contribution is 8.02. The van der Waals surface area contributed by atoms with Crippen LogP contribution >= 0.6 is 12.1 Å². The highest BCUT2D eigenvalue weighted by atomic mass is 32.2. The molecule has 0 N–H and O–H groups in total. The molecule has 0 saturated heterocycles. The quantitative estimate of drug-likeness (QED) is 0.545. The Hall–Kier alpha value is -0.830. The fourth-order valence-corrected chi connectivity index (χ4v) is 2.12. The van der Waals surface area contributed by atoms with E-state index in [1.165, 1.54) is 11.4 Å². The molecule has 2 nitrogen and oxygen atoms in total. The first-order valence-electron chi connectivity index (χ1n) is 3.53. The molecule has 0 saturated carbocycles. The fourth-order valence-electron chi connectivity index (χ4n) is 1.27. The molecule has 1 aliphatic rings. The van der Waals surface area contributed by atoms with Gasteiger partial charge in [0.1, 0.15) is 0 Å². The van der Waals surface area contributed by atoms with E-state index in [0.29, 0.717) is 0 Å². The molecule has 0 aromatic heterocycles. The van der Waals surface area contributed by atoms with Crippen molar-refractivity contribution in [2.24, 2.45) is 0 Å². The van der Waals surface area contributed by atoms with Gasteiger partial charge in [0.15, 0.2) is 0 Å². The van der Waals surface area contributed by atoms with Crippen LogP contribution in [0, 0.1) is 0 Å². The van der Waals surface area contributed by atoms with Crippen LogP contribution in [0.5, 0.6) is 0 Å². The van der Waals surface area contributed by atoms with E-state index in [4.69, 9.17) is 0 Å². The second-order valence-corrected chi connectivity index (χ2v) is 3.82. The average molecular weight is 166 g/mol. The Bertz CT molecular complexity index is 248.